The number of rotatable bonds is 7. The summed E-state index contributed by atoms with van der Waals surface area (Å²) in [6.07, 6.45) is 0. The van der Waals surface area contributed by atoms with E-state index in [1.165, 1.54) is 5.56 Å². The lowest BCUT2D eigenvalue weighted by Crippen LogP contribution is -2.35. The van der Waals surface area contributed by atoms with Crippen LogP contribution in [0.4, 0.5) is 0 Å². The first-order valence-electron chi connectivity index (χ1n) is 10.2. The van der Waals surface area contributed by atoms with Gasteiger partial charge in [0.25, 0.3) is 5.91 Å². The van der Waals surface area contributed by atoms with E-state index in [1.807, 2.05) is 48.5 Å². The fraction of sp³-hybridized carbons (Fsp3) is 0.348. The molecule has 4 rings (SSSR count). The molecule has 1 aromatic heterocycles. The predicted molar refractivity (Wildman–Crippen MR) is 115 cm³/mol. The molecule has 1 aliphatic heterocycles. The Morgan fingerprint density at radius 1 is 1.10 bits per heavy atom. The first-order valence-corrected chi connectivity index (χ1v) is 10.2. The second-order valence-electron chi connectivity index (χ2n) is 7.49. The molecule has 0 bridgehead atoms. The summed E-state index contributed by atoms with van der Waals surface area (Å²) >= 11 is 0. The lowest BCUT2D eigenvalue weighted by molar-refractivity contribution is 0.0342. The van der Waals surface area contributed by atoms with Gasteiger partial charge in [0.05, 0.1) is 26.9 Å². The fourth-order valence-corrected chi connectivity index (χ4v) is 3.44. The van der Waals surface area contributed by atoms with Crippen LogP contribution in [0.25, 0.3) is 11.4 Å². The van der Waals surface area contributed by atoms with Gasteiger partial charge in [-0.25, -0.2) is 0 Å². The van der Waals surface area contributed by atoms with Gasteiger partial charge in [-0.3, -0.25) is 9.69 Å². The minimum Gasteiger partial charge on any atom is -0.497 e. The Balaban J connectivity index is 1.35. The summed E-state index contributed by atoms with van der Waals surface area (Å²) in [5.41, 5.74) is 2.63. The van der Waals surface area contributed by atoms with Crippen molar-refractivity contribution >= 4 is 5.91 Å². The largest absolute Gasteiger partial charge is 0.497 e. The molecule has 2 aromatic carbocycles. The molecule has 8 heteroatoms. The summed E-state index contributed by atoms with van der Waals surface area (Å²) in [4.78, 5) is 21.1. The van der Waals surface area contributed by atoms with Crippen molar-refractivity contribution in [3.05, 3.63) is 65.5 Å². The van der Waals surface area contributed by atoms with E-state index in [4.69, 9.17) is 14.0 Å². The van der Waals surface area contributed by atoms with Crippen molar-refractivity contribution in [3.63, 3.8) is 0 Å². The van der Waals surface area contributed by atoms with E-state index in [1.54, 1.807) is 19.1 Å². The van der Waals surface area contributed by atoms with Crippen LogP contribution in [0.3, 0.4) is 0 Å². The average molecular weight is 422 g/mol. The van der Waals surface area contributed by atoms with E-state index in [-0.39, 0.29) is 12.5 Å². The van der Waals surface area contributed by atoms with Gasteiger partial charge in [-0.05, 0) is 42.0 Å². The van der Waals surface area contributed by atoms with Crippen molar-refractivity contribution in [2.45, 2.75) is 13.1 Å². The number of nitrogens with zero attached hydrogens (tertiary/aromatic N) is 4. The van der Waals surface area contributed by atoms with Gasteiger partial charge < -0.3 is 18.9 Å². The molecule has 0 radical (unpaired) electrons. The van der Waals surface area contributed by atoms with Crippen LogP contribution in [0, 0.1) is 0 Å². The Morgan fingerprint density at radius 3 is 2.48 bits per heavy atom. The molecule has 0 saturated carbocycles. The van der Waals surface area contributed by atoms with Crippen LogP contribution in [0.5, 0.6) is 5.75 Å². The molecule has 1 saturated heterocycles. The third-order valence-corrected chi connectivity index (χ3v) is 5.25. The Morgan fingerprint density at radius 2 is 1.81 bits per heavy atom. The zero-order valence-electron chi connectivity index (χ0n) is 17.8. The normalized spacial score (nSPS) is 14.4. The van der Waals surface area contributed by atoms with Gasteiger partial charge in [0.15, 0.2) is 0 Å². The summed E-state index contributed by atoms with van der Waals surface area (Å²) in [6.45, 7) is 4.52. The molecule has 2 heterocycles. The van der Waals surface area contributed by atoms with E-state index in [0.717, 1.165) is 44.2 Å². The molecule has 0 atom stereocenters. The average Bonchev–Trinajstić information content (AvgIpc) is 3.28. The highest BCUT2D eigenvalue weighted by Crippen LogP contribution is 2.20. The number of morpholine rings is 1. The first kappa shape index (κ1) is 21.0. The van der Waals surface area contributed by atoms with E-state index < -0.39 is 0 Å². The number of amides is 1. The van der Waals surface area contributed by atoms with Gasteiger partial charge >= 0.3 is 0 Å². The summed E-state index contributed by atoms with van der Waals surface area (Å²) in [7, 11) is 3.34. The maximum absolute atomic E-state index is 12.8. The first-order chi connectivity index (χ1) is 15.1. The third-order valence-electron chi connectivity index (χ3n) is 5.25. The molecule has 1 amide bonds. The molecule has 8 nitrogen and oxygen atoms in total. The van der Waals surface area contributed by atoms with E-state index >= 15 is 0 Å². The Bertz CT molecular complexity index is 995. The van der Waals surface area contributed by atoms with Crippen LogP contribution in [-0.4, -0.2) is 66.3 Å². The summed E-state index contributed by atoms with van der Waals surface area (Å²) in [5.74, 6) is 1.52. The smallest absolute Gasteiger partial charge is 0.254 e. The quantitative estimate of drug-likeness (QED) is 0.579. The monoisotopic (exact) mass is 422 g/mol. The standard InChI is InChI=1S/C23H26N4O4/c1-26(16-21-24-22(25-31-21)18-7-9-20(29-2)10-8-18)23(28)19-5-3-17(4-6-19)15-27-11-13-30-14-12-27/h3-10H,11-16H2,1-2H3. The highest BCUT2D eigenvalue weighted by molar-refractivity contribution is 5.94. The second-order valence-corrected chi connectivity index (χ2v) is 7.49. The zero-order valence-corrected chi connectivity index (χ0v) is 17.8. The lowest BCUT2D eigenvalue weighted by atomic mass is 10.1. The highest BCUT2D eigenvalue weighted by Gasteiger charge is 2.17. The maximum Gasteiger partial charge on any atom is 0.254 e. The summed E-state index contributed by atoms with van der Waals surface area (Å²) in [5, 5.41) is 4.02. The lowest BCUT2D eigenvalue weighted by Gasteiger charge is -2.26. The van der Waals surface area contributed by atoms with Crippen LogP contribution in [0.2, 0.25) is 0 Å². The zero-order chi connectivity index (χ0) is 21.6. The van der Waals surface area contributed by atoms with E-state index in [9.17, 15) is 4.79 Å². The second kappa shape index (κ2) is 9.72. The highest BCUT2D eigenvalue weighted by atomic mass is 16.5. The molecule has 31 heavy (non-hydrogen) atoms. The Kier molecular flexibility index (Phi) is 6.59. The fourth-order valence-electron chi connectivity index (χ4n) is 3.44. The van der Waals surface area contributed by atoms with Crippen LogP contribution < -0.4 is 4.74 Å². The maximum atomic E-state index is 12.8. The van der Waals surface area contributed by atoms with Crippen molar-refractivity contribution < 1.29 is 18.8 Å². The topological polar surface area (TPSA) is 80.9 Å². The van der Waals surface area contributed by atoms with Gasteiger partial charge in [0.1, 0.15) is 5.75 Å². The number of benzene rings is 2. The molecule has 0 unspecified atom stereocenters. The van der Waals surface area contributed by atoms with Crippen molar-refractivity contribution in [3.8, 4) is 17.1 Å². The minimum absolute atomic E-state index is 0.0953. The molecule has 3 aromatic rings. The van der Waals surface area contributed by atoms with Gasteiger partial charge in [-0.1, -0.05) is 17.3 Å². The van der Waals surface area contributed by atoms with Crippen LogP contribution in [0.15, 0.2) is 53.1 Å². The number of hydrogen-bond acceptors (Lipinski definition) is 7. The molecule has 0 spiro atoms. The van der Waals surface area contributed by atoms with E-state index in [2.05, 4.69) is 15.0 Å². The van der Waals surface area contributed by atoms with Crippen LogP contribution >= 0.6 is 0 Å². The van der Waals surface area contributed by atoms with Crippen molar-refractivity contribution in [2.75, 3.05) is 40.5 Å². The molecule has 162 valence electrons. The number of aromatic nitrogens is 2. The Labute approximate surface area is 181 Å². The molecular formula is C23H26N4O4. The SMILES string of the molecule is COc1ccc(-c2noc(CN(C)C(=O)c3ccc(CN4CCOCC4)cc3)n2)cc1. The molecule has 0 aliphatic carbocycles. The number of methoxy groups -OCH3 is 1. The van der Waals surface area contributed by atoms with Crippen molar-refractivity contribution in [1.82, 2.24) is 19.9 Å². The number of ether oxygens (including phenoxy) is 2. The number of carbonyl (C=O) groups excluding carboxylic acids is 1. The third kappa shape index (κ3) is 5.28. The van der Waals surface area contributed by atoms with Crippen LogP contribution in [0.1, 0.15) is 21.8 Å². The van der Waals surface area contributed by atoms with Crippen LogP contribution in [-0.2, 0) is 17.8 Å². The molecule has 1 fully saturated rings. The molecule has 1 aliphatic rings. The van der Waals surface area contributed by atoms with Gasteiger partial charge in [0.2, 0.25) is 11.7 Å². The molecular weight excluding hydrogens is 396 g/mol. The van der Waals surface area contributed by atoms with E-state index in [0.29, 0.717) is 17.3 Å². The summed E-state index contributed by atoms with van der Waals surface area (Å²) in [6, 6.07) is 15.1. The molecule has 0 N–H and O–H groups in total. The van der Waals surface area contributed by atoms with Gasteiger partial charge in [0, 0.05) is 37.8 Å². The number of carbonyl (C=O) groups is 1. The minimum atomic E-state index is -0.0953. The summed E-state index contributed by atoms with van der Waals surface area (Å²) < 4.78 is 15.9. The van der Waals surface area contributed by atoms with Crippen molar-refractivity contribution in [2.24, 2.45) is 0 Å². The van der Waals surface area contributed by atoms with Crippen molar-refractivity contribution in [1.29, 1.82) is 0 Å². The predicted octanol–water partition coefficient (Wildman–Crippen LogP) is 2.85. The van der Waals surface area contributed by atoms with Gasteiger partial charge in [-0.15, -0.1) is 0 Å². The van der Waals surface area contributed by atoms with Gasteiger partial charge in [-0.2, -0.15) is 4.98 Å². The Hall–Kier alpha value is -3.23. The number of hydrogen-bond donors (Lipinski definition) is 0.